The van der Waals surface area contributed by atoms with E-state index in [0.29, 0.717) is 16.3 Å². The summed E-state index contributed by atoms with van der Waals surface area (Å²) < 4.78 is 36.9. The molecule has 2 saturated heterocycles. The van der Waals surface area contributed by atoms with Gasteiger partial charge in [-0.15, -0.1) is 0 Å². The molecule has 3 fully saturated rings. The first-order chi connectivity index (χ1) is 21.0. The van der Waals surface area contributed by atoms with E-state index in [1.807, 2.05) is 6.07 Å². The van der Waals surface area contributed by atoms with Gasteiger partial charge in [-0.25, -0.2) is 4.39 Å². The minimum atomic E-state index is -1.49. The summed E-state index contributed by atoms with van der Waals surface area (Å²) in [7, 11) is 0. The van der Waals surface area contributed by atoms with Crippen LogP contribution >= 0.6 is 11.6 Å². The topological polar surface area (TPSA) is 169 Å². The maximum atomic E-state index is 15.0. The molecule has 2 aliphatic heterocycles. The average Bonchev–Trinajstić information content (AvgIpc) is 3.62. The van der Waals surface area contributed by atoms with Crippen LogP contribution < -0.4 is 10.1 Å². The number of halogens is 2. The van der Waals surface area contributed by atoms with Crippen LogP contribution in [0, 0.1) is 5.82 Å². The van der Waals surface area contributed by atoms with E-state index in [9.17, 15) is 29.6 Å². The second kappa shape index (κ2) is 13.9. The summed E-state index contributed by atoms with van der Waals surface area (Å²) in [4.78, 5) is 18.2. The lowest BCUT2D eigenvalue weighted by molar-refractivity contribution is -0.155. The highest BCUT2D eigenvalue weighted by molar-refractivity contribution is 6.30. The lowest BCUT2D eigenvalue weighted by atomic mass is 9.83. The van der Waals surface area contributed by atoms with E-state index in [-0.39, 0.29) is 31.1 Å². The van der Waals surface area contributed by atoms with Crippen LogP contribution in [0.1, 0.15) is 31.4 Å². The van der Waals surface area contributed by atoms with Crippen LogP contribution in [0.3, 0.4) is 0 Å². The minimum Gasteiger partial charge on any atom is -0.462 e. The molecule has 0 spiro atoms. The molecule has 3 aliphatic rings. The minimum absolute atomic E-state index is 0.0680. The van der Waals surface area contributed by atoms with Gasteiger partial charge in [-0.1, -0.05) is 35.0 Å². The Morgan fingerprint density at radius 3 is 2.57 bits per heavy atom. The monoisotopic (exact) mass is 636 g/mol. The SMILES string of the molecule is CC(=Cc1ccc(OC2C[C@H](O)[C@@H](C(C)=NOCc3cccc(Cl)c3)O2)c(F)c1)C(=O)NC1[C@@H](O)[C@@H]2OCO[C@@H]2[C@H](O)[C@H]1O. The van der Waals surface area contributed by atoms with E-state index < -0.39 is 66.8 Å². The molecule has 0 radical (unpaired) electrons. The third-order valence-electron chi connectivity index (χ3n) is 7.68. The Kier molecular flexibility index (Phi) is 10.2. The van der Waals surface area contributed by atoms with Gasteiger partial charge in [-0.3, -0.25) is 4.79 Å². The molecule has 1 aliphatic carbocycles. The first-order valence-corrected chi connectivity index (χ1v) is 14.4. The third kappa shape index (κ3) is 7.22. The van der Waals surface area contributed by atoms with Gasteiger partial charge in [0, 0.05) is 17.0 Å². The normalized spacial score (nSPS) is 32.3. The number of carbonyl (C=O) groups excluding carboxylic acids is 1. The molecule has 1 saturated carbocycles. The number of aliphatic hydroxyl groups is 4. The second-order valence-corrected chi connectivity index (χ2v) is 11.3. The Balaban J connectivity index is 1.15. The maximum absolute atomic E-state index is 15.0. The first-order valence-electron chi connectivity index (χ1n) is 14.0. The Hall–Kier alpha value is -3.14. The number of carbonyl (C=O) groups is 1. The molecule has 0 bridgehead atoms. The van der Waals surface area contributed by atoms with E-state index in [1.54, 1.807) is 25.1 Å². The van der Waals surface area contributed by atoms with Gasteiger partial charge in [0.1, 0.15) is 50.0 Å². The molecule has 2 aromatic rings. The Morgan fingerprint density at radius 2 is 1.84 bits per heavy atom. The number of nitrogens with zero attached hydrogens (tertiary/aromatic N) is 1. The fraction of sp³-hybridized carbons (Fsp3) is 0.467. The molecule has 9 atom stereocenters. The zero-order valence-electron chi connectivity index (χ0n) is 23.9. The molecule has 2 heterocycles. The summed E-state index contributed by atoms with van der Waals surface area (Å²) in [6.45, 7) is 3.14. The summed E-state index contributed by atoms with van der Waals surface area (Å²) in [5.41, 5.74) is 1.69. The van der Waals surface area contributed by atoms with Crippen LogP contribution in [-0.2, 0) is 30.4 Å². The molecule has 2 unspecified atom stereocenters. The van der Waals surface area contributed by atoms with Crippen LogP contribution in [0.15, 0.2) is 53.2 Å². The fourth-order valence-corrected chi connectivity index (χ4v) is 5.56. The highest BCUT2D eigenvalue weighted by Gasteiger charge is 2.53. The molecule has 5 rings (SSSR count). The number of amides is 1. The van der Waals surface area contributed by atoms with Crippen LogP contribution in [-0.4, -0.2) is 93.9 Å². The predicted octanol–water partition coefficient (Wildman–Crippen LogP) is 1.65. The van der Waals surface area contributed by atoms with Crippen molar-refractivity contribution in [2.75, 3.05) is 6.79 Å². The van der Waals surface area contributed by atoms with E-state index in [2.05, 4.69) is 10.5 Å². The zero-order chi connectivity index (χ0) is 31.5. The maximum Gasteiger partial charge on any atom is 0.247 e. The summed E-state index contributed by atoms with van der Waals surface area (Å²) >= 11 is 5.97. The number of nitrogens with one attached hydrogen (secondary N) is 1. The first kappa shape index (κ1) is 32.3. The lowest BCUT2D eigenvalue weighted by Crippen LogP contribution is -2.67. The van der Waals surface area contributed by atoms with E-state index >= 15 is 0 Å². The summed E-state index contributed by atoms with van der Waals surface area (Å²) in [5, 5.41) is 48.9. The number of hydrogen-bond acceptors (Lipinski definition) is 11. The van der Waals surface area contributed by atoms with Crippen molar-refractivity contribution >= 4 is 29.3 Å². The van der Waals surface area contributed by atoms with Crippen molar-refractivity contribution < 1.29 is 53.4 Å². The van der Waals surface area contributed by atoms with Gasteiger partial charge in [0.05, 0.1) is 17.9 Å². The van der Waals surface area contributed by atoms with Crippen molar-refractivity contribution in [3.05, 3.63) is 70.0 Å². The average molecular weight is 637 g/mol. The molecular weight excluding hydrogens is 603 g/mol. The molecule has 238 valence electrons. The van der Waals surface area contributed by atoms with Crippen LogP contribution in [0.4, 0.5) is 4.39 Å². The number of fused-ring (bicyclic) bond motifs is 1. The van der Waals surface area contributed by atoms with Crippen molar-refractivity contribution in [1.82, 2.24) is 5.32 Å². The number of aliphatic hydroxyl groups excluding tert-OH is 4. The Bertz CT molecular complexity index is 1410. The predicted molar refractivity (Wildman–Crippen MR) is 154 cm³/mol. The molecule has 14 heteroatoms. The molecule has 5 N–H and O–H groups in total. The molecular formula is C30H34ClFN2O10. The van der Waals surface area contributed by atoms with Crippen molar-refractivity contribution in [2.45, 2.75) is 81.9 Å². The molecule has 0 aromatic heterocycles. The Labute approximate surface area is 257 Å². The summed E-state index contributed by atoms with van der Waals surface area (Å²) in [6, 6.07) is 9.96. The highest BCUT2D eigenvalue weighted by Crippen LogP contribution is 2.31. The fourth-order valence-electron chi connectivity index (χ4n) is 5.35. The van der Waals surface area contributed by atoms with Gasteiger partial charge in [0.15, 0.2) is 11.6 Å². The van der Waals surface area contributed by atoms with Gasteiger partial charge >= 0.3 is 0 Å². The lowest BCUT2D eigenvalue weighted by Gasteiger charge is -2.41. The van der Waals surface area contributed by atoms with Gasteiger partial charge in [-0.2, -0.15) is 0 Å². The largest absolute Gasteiger partial charge is 0.462 e. The standard InChI is InChI=1S/C30H34ClFN2O10/c1-14(30(39)33-23-24(36)26(38)29-28(25(23)37)40-13-41-29)8-16-6-7-21(19(32)10-16)43-22-11-20(35)27(44-22)15(2)34-42-12-17-4-3-5-18(31)9-17/h3-10,20,22-29,35-38H,11-13H2,1-2H3,(H,33,39)/t20-,22?,23?,24-,25+,26+,27+,28-,29+/m0/s1. The van der Waals surface area contributed by atoms with E-state index in [1.165, 1.54) is 25.1 Å². The second-order valence-electron chi connectivity index (χ2n) is 10.9. The van der Waals surface area contributed by atoms with Gasteiger partial charge < -0.3 is 49.5 Å². The molecule has 44 heavy (non-hydrogen) atoms. The van der Waals surface area contributed by atoms with Crippen molar-refractivity contribution in [2.24, 2.45) is 5.16 Å². The van der Waals surface area contributed by atoms with Gasteiger partial charge in [0.2, 0.25) is 12.2 Å². The number of rotatable bonds is 9. The number of benzene rings is 2. The Morgan fingerprint density at radius 1 is 1.09 bits per heavy atom. The zero-order valence-corrected chi connectivity index (χ0v) is 24.6. The summed E-state index contributed by atoms with van der Waals surface area (Å²) in [6.07, 6.45) is -7.24. The third-order valence-corrected chi connectivity index (χ3v) is 7.91. The smallest absolute Gasteiger partial charge is 0.247 e. The van der Waals surface area contributed by atoms with Crippen molar-refractivity contribution in [1.29, 1.82) is 0 Å². The quantitative estimate of drug-likeness (QED) is 0.155. The van der Waals surface area contributed by atoms with Gasteiger partial charge in [-0.05, 0) is 55.3 Å². The van der Waals surface area contributed by atoms with Crippen molar-refractivity contribution in [3.8, 4) is 5.75 Å². The van der Waals surface area contributed by atoms with E-state index in [0.717, 1.165) is 11.6 Å². The van der Waals surface area contributed by atoms with E-state index in [4.69, 9.17) is 35.4 Å². The molecule has 2 aromatic carbocycles. The summed E-state index contributed by atoms with van der Waals surface area (Å²) in [5.74, 6) is -1.49. The molecule has 1 amide bonds. The van der Waals surface area contributed by atoms with Crippen LogP contribution in [0.2, 0.25) is 5.02 Å². The molecule has 12 nitrogen and oxygen atoms in total. The van der Waals surface area contributed by atoms with Crippen LogP contribution in [0.5, 0.6) is 5.75 Å². The number of ether oxygens (including phenoxy) is 4. The van der Waals surface area contributed by atoms with Crippen LogP contribution in [0.25, 0.3) is 6.08 Å². The van der Waals surface area contributed by atoms with Gasteiger partial charge in [0.25, 0.3) is 0 Å². The number of hydrogen-bond donors (Lipinski definition) is 5. The highest BCUT2D eigenvalue weighted by atomic mass is 35.5. The van der Waals surface area contributed by atoms with Crippen molar-refractivity contribution in [3.63, 3.8) is 0 Å². The number of oxime groups is 1.